The fourth-order valence-corrected chi connectivity index (χ4v) is 6.94. The highest BCUT2D eigenvalue weighted by Crippen LogP contribution is 2.39. The number of hydrazone groups is 1. The van der Waals surface area contributed by atoms with Gasteiger partial charge in [0.25, 0.3) is 11.8 Å². The van der Waals surface area contributed by atoms with Crippen molar-refractivity contribution < 1.29 is 14.7 Å². The van der Waals surface area contributed by atoms with Crippen molar-refractivity contribution in [1.82, 2.24) is 15.2 Å². The largest absolute Gasteiger partial charge is 0.506 e. The number of nitrogens with zero attached hydrogens (tertiary/aromatic N) is 3. The number of hydrogen-bond acceptors (Lipinski definition) is 7. The highest BCUT2D eigenvalue weighted by Gasteiger charge is 2.29. The van der Waals surface area contributed by atoms with Gasteiger partial charge in [-0.25, -0.2) is 5.43 Å². The van der Waals surface area contributed by atoms with E-state index in [0.29, 0.717) is 37.0 Å². The van der Waals surface area contributed by atoms with Crippen LogP contribution in [0.15, 0.2) is 46.9 Å². The summed E-state index contributed by atoms with van der Waals surface area (Å²) in [6.07, 6.45) is 4.57. The van der Waals surface area contributed by atoms with Crippen molar-refractivity contribution in [2.24, 2.45) is 5.10 Å². The number of thiophene rings is 2. The first-order chi connectivity index (χ1) is 17.9. The van der Waals surface area contributed by atoms with E-state index >= 15 is 0 Å². The molecule has 37 heavy (non-hydrogen) atoms. The Morgan fingerprint density at radius 2 is 1.70 bits per heavy atom. The van der Waals surface area contributed by atoms with Crippen molar-refractivity contribution in [2.75, 3.05) is 26.2 Å². The van der Waals surface area contributed by atoms with Gasteiger partial charge in [0.05, 0.1) is 25.9 Å². The molecule has 2 saturated heterocycles. The molecule has 0 unspecified atom stereocenters. The molecule has 0 spiro atoms. The Morgan fingerprint density at radius 3 is 2.41 bits per heavy atom. The molecule has 7 nitrogen and oxygen atoms in total. The molecule has 2 aliphatic rings. The van der Waals surface area contributed by atoms with Crippen LogP contribution in [0.2, 0.25) is 5.02 Å². The summed E-state index contributed by atoms with van der Waals surface area (Å²) in [6, 6.07) is 11.2. The van der Waals surface area contributed by atoms with Crippen molar-refractivity contribution in [3.8, 4) is 16.2 Å². The summed E-state index contributed by atoms with van der Waals surface area (Å²) in [4.78, 5) is 31.9. The lowest BCUT2D eigenvalue weighted by Crippen LogP contribution is -2.45. The molecule has 0 saturated carbocycles. The maximum Gasteiger partial charge on any atom is 0.281 e. The second-order valence-electron chi connectivity index (χ2n) is 9.40. The van der Waals surface area contributed by atoms with Gasteiger partial charge in [0.15, 0.2) is 0 Å². The summed E-state index contributed by atoms with van der Waals surface area (Å²) in [5, 5.41) is 17.3. The first-order valence-corrected chi connectivity index (χ1v) is 14.5. The van der Waals surface area contributed by atoms with Crippen LogP contribution in [-0.2, 0) is 0 Å². The van der Waals surface area contributed by atoms with Crippen LogP contribution in [0.4, 0.5) is 0 Å². The average Bonchev–Trinajstić information content (AvgIpc) is 3.69. The van der Waals surface area contributed by atoms with Gasteiger partial charge in [-0.1, -0.05) is 23.7 Å². The van der Waals surface area contributed by atoms with E-state index < -0.39 is 0 Å². The molecule has 2 aliphatic heterocycles. The number of halogens is 1. The van der Waals surface area contributed by atoms with Crippen molar-refractivity contribution in [3.63, 3.8) is 0 Å². The van der Waals surface area contributed by atoms with Crippen LogP contribution in [0.1, 0.15) is 57.5 Å². The molecule has 5 rings (SSSR count). The number of piperidine rings is 1. The summed E-state index contributed by atoms with van der Waals surface area (Å²) in [5.74, 6) is -0.286. The molecule has 2 fully saturated rings. The zero-order chi connectivity index (χ0) is 25.9. The van der Waals surface area contributed by atoms with Gasteiger partial charge in [0.1, 0.15) is 5.75 Å². The van der Waals surface area contributed by atoms with Crippen LogP contribution >= 0.6 is 34.3 Å². The topological polar surface area (TPSA) is 85.2 Å². The number of nitrogens with one attached hydrogen (secondary N) is 1. The average molecular weight is 557 g/mol. The van der Waals surface area contributed by atoms with Gasteiger partial charge in [-0.15, -0.1) is 22.7 Å². The second kappa shape index (κ2) is 11.3. The third-order valence-corrected chi connectivity index (χ3v) is 9.38. The molecule has 0 bridgehead atoms. The Hall–Kier alpha value is -2.72. The maximum absolute atomic E-state index is 13.0. The number of benzene rings is 1. The van der Waals surface area contributed by atoms with E-state index in [1.54, 1.807) is 36.6 Å². The number of carbonyl (C=O) groups excluding carboxylic acids is 2. The van der Waals surface area contributed by atoms with Gasteiger partial charge in [0.2, 0.25) is 0 Å². The van der Waals surface area contributed by atoms with Crippen LogP contribution in [-0.4, -0.2) is 64.7 Å². The molecule has 194 valence electrons. The molecule has 4 heterocycles. The third-order valence-electron chi connectivity index (χ3n) is 7.04. The van der Waals surface area contributed by atoms with E-state index in [2.05, 4.69) is 15.4 Å². The Labute approximate surface area is 229 Å². The lowest BCUT2D eigenvalue weighted by Gasteiger charge is -2.36. The van der Waals surface area contributed by atoms with E-state index in [9.17, 15) is 14.7 Å². The summed E-state index contributed by atoms with van der Waals surface area (Å²) in [6.45, 7) is 5.60. The highest BCUT2D eigenvalue weighted by atomic mass is 35.5. The minimum Gasteiger partial charge on any atom is -0.506 e. The van der Waals surface area contributed by atoms with Crippen molar-refractivity contribution in [1.29, 1.82) is 0 Å². The molecular weight excluding hydrogens is 528 g/mol. The van der Waals surface area contributed by atoms with Gasteiger partial charge in [-0.2, -0.15) is 5.10 Å². The van der Waals surface area contributed by atoms with Crippen LogP contribution in [0, 0.1) is 0 Å². The van der Waals surface area contributed by atoms with Crippen molar-refractivity contribution in [2.45, 2.75) is 38.6 Å². The number of carbonyl (C=O) groups is 2. The van der Waals surface area contributed by atoms with Crippen molar-refractivity contribution in [3.05, 3.63) is 62.1 Å². The third kappa shape index (κ3) is 5.75. The Balaban J connectivity index is 1.18. The monoisotopic (exact) mass is 556 g/mol. The minimum absolute atomic E-state index is 0.0125. The zero-order valence-electron chi connectivity index (χ0n) is 20.6. The quantitative estimate of drug-likeness (QED) is 0.302. The van der Waals surface area contributed by atoms with Crippen LogP contribution in [0.5, 0.6) is 5.75 Å². The SMILES string of the molecule is CC(=NNC(=O)c1ccc(C(=O)N2CCC(N3CCCC3)CC2)s1)c1csc(-c2ccc(Cl)cc2)c1O. The molecule has 0 atom stereocenters. The van der Waals surface area contributed by atoms with E-state index in [4.69, 9.17) is 11.6 Å². The second-order valence-corrected chi connectivity index (χ2v) is 11.8. The number of rotatable bonds is 6. The van der Waals surface area contributed by atoms with Crippen LogP contribution in [0.3, 0.4) is 0 Å². The summed E-state index contributed by atoms with van der Waals surface area (Å²) < 4.78 is 0. The van der Waals surface area contributed by atoms with Gasteiger partial charge < -0.3 is 14.9 Å². The van der Waals surface area contributed by atoms with E-state index in [1.165, 1.54) is 48.6 Å². The molecule has 0 radical (unpaired) electrons. The number of hydrogen-bond donors (Lipinski definition) is 2. The Morgan fingerprint density at radius 1 is 1.03 bits per heavy atom. The van der Waals surface area contributed by atoms with Crippen LogP contribution in [0.25, 0.3) is 10.4 Å². The van der Waals surface area contributed by atoms with Crippen molar-refractivity contribution >= 4 is 51.8 Å². The van der Waals surface area contributed by atoms with Gasteiger partial charge in [0, 0.05) is 29.5 Å². The predicted octanol–water partition coefficient (Wildman–Crippen LogP) is 5.69. The molecule has 3 aromatic rings. The normalized spacial score (nSPS) is 17.4. The number of likely N-dealkylation sites (tertiary alicyclic amines) is 2. The fourth-order valence-electron chi connectivity index (χ4n) is 4.94. The molecule has 10 heteroatoms. The number of aromatic hydroxyl groups is 1. The summed E-state index contributed by atoms with van der Waals surface area (Å²) >= 11 is 8.53. The fraction of sp³-hybridized carbons (Fsp3) is 0.370. The molecule has 2 N–H and O–H groups in total. The molecule has 2 aromatic heterocycles. The first kappa shape index (κ1) is 25.9. The van der Waals surface area contributed by atoms with Crippen LogP contribution < -0.4 is 5.43 Å². The predicted molar refractivity (Wildman–Crippen MR) is 150 cm³/mol. The maximum atomic E-state index is 13.0. The Kier molecular flexibility index (Phi) is 7.95. The van der Waals surface area contributed by atoms with E-state index in [0.717, 1.165) is 31.5 Å². The lowest BCUT2D eigenvalue weighted by atomic mass is 10.0. The summed E-state index contributed by atoms with van der Waals surface area (Å²) in [7, 11) is 0. The van der Waals surface area contributed by atoms with Gasteiger partial charge in [-0.3, -0.25) is 9.59 Å². The van der Waals surface area contributed by atoms with Gasteiger partial charge in [-0.05, 0) is 75.5 Å². The minimum atomic E-state index is -0.385. The molecule has 0 aliphatic carbocycles. The summed E-state index contributed by atoms with van der Waals surface area (Å²) in [5.41, 5.74) is 4.44. The smallest absolute Gasteiger partial charge is 0.281 e. The van der Waals surface area contributed by atoms with E-state index in [1.807, 2.05) is 17.0 Å². The standard InChI is InChI=1S/C27H29ClN4O3S2/c1-17(21-16-36-25(24(21)33)18-4-6-19(28)7-5-18)29-30-26(34)22-8-9-23(37-22)27(35)32-14-10-20(11-15-32)31-12-2-3-13-31/h4-9,16,20,33H,2-3,10-15H2,1H3,(H,30,34). The van der Waals surface area contributed by atoms with Gasteiger partial charge >= 0.3 is 0 Å². The van der Waals surface area contributed by atoms with E-state index in [-0.39, 0.29) is 17.6 Å². The molecule has 1 aromatic carbocycles. The lowest BCUT2D eigenvalue weighted by molar-refractivity contribution is 0.0649. The number of amides is 2. The molecule has 2 amide bonds. The zero-order valence-corrected chi connectivity index (χ0v) is 23.0. The Bertz CT molecular complexity index is 1300. The highest BCUT2D eigenvalue weighted by molar-refractivity contribution is 7.16. The molecular formula is C27H29ClN4O3S2. The first-order valence-electron chi connectivity index (χ1n) is 12.5.